The van der Waals surface area contributed by atoms with Crippen molar-refractivity contribution in [2.75, 3.05) is 6.79 Å². The number of rotatable bonds is 1. The summed E-state index contributed by atoms with van der Waals surface area (Å²) in [7, 11) is 0. The molecule has 0 saturated carbocycles. The van der Waals surface area contributed by atoms with Crippen LogP contribution < -0.4 is 0 Å². The van der Waals surface area contributed by atoms with Crippen LogP contribution >= 0.6 is 0 Å². The Hall–Kier alpha value is -0.210. The smallest absolute Gasteiger partial charge is 0.147 e. The highest BCUT2D eigenvalue weighted by Crippen LogP contribution is 2.14. The summed E-state index contributed by atoms with van der Waals surface area (Å²) in [6.45, 7) is 6.27. The minimum absolute atomic E-state index is 0.328. The Balaban J connectivity index is 2.23. The Kier molecular flexibility index (Phi) is 2.37. The van der Waals surface area contributed by atoms with Gasteiger partial charge in [0, 0.05) is 6.42 Å². The molecule has 0 aromatic carbocycles. The van der Waals surface area contributed by atoms with E-state index < -0.39 is 0 Å². The molecule has 1 heterocycles. The largest absolute Gasteiger partial charge is 0.352 e. The zero-order valence-corrected chi connectivity index (χ0v) is 5.80. The molecule has 0 spiro atoms. The molecule has 2 nitrogen and oxygen atoms in total. The second-order valence-corrected chi connectivity index (χ2v) is 2.41. The summed E-state index contributed by atoms with van der Waals surface area (Å²) in [5, 5.41) is 0. The Bertz CT molecular complexity index is 83.0. The van der Waals surface area contributed by atoms with E-state index >= 15 is 0 Å². The van der Waals surface area contributed by atoms with Gasteiger partial charge in [0.15, 0.2) is 0 Å². The van der Waals surface area contributed by atoms with Crippen LogP contribution in [0.5, 0.6) is 0 Å². The molecule has 1 fully saturated rings. The molecule has 1 unspecified atom stereocenters. The van der Waals surface area contributed by atoms with Crippen LogP contribution in [0.1, 0.15) is 19.8 Å². The van der Waals surface area contributed by atoms with Gasteiger partial charge < -0.3 is 9.47 Å². The predicted octanol–water partition coefficient (Wildman–Crippen LogP) is 1.36. The predicted molar refractivity (Wildman–Crippen MR) is 34.9 cm³/mol. The molecular formula is C7H13O2+. The first-order valence-corrected chi connectivity index (χ1v) is 3.35. The third-order valence-electron chi connectivity index (χ3n) is 1.57. The lowest BCUT2D eigenvalue weighted by atomic mass is 10.1. The number of hydrogen-bond donors (Lipinski definition) is 0. The van der Waals surface area contributed by atoms with Crippen molar-refractivity contribution in [1.82, 2.24) is 0 Å². The van der Waals surface area contributed by atoms with E-state index in [1.165, 1.54) is 0 Å². The minimum Gasteiger partial charge on any atom is -0.352 e. The highest BCUT2D eigenvalue weighted by atomic mass is 16.7. The second kappa shape index (κ2) is 3.08. The molecule has 0 bridgehead atoms. The van der Waals surface area contributed by atoms with Crippen molar-refractivity contribution in [2.24, 2.45) is 0 Å². The van der Waals surface area contributed by atoms with Gasteiger partial charge in [-0.2, -0.15) is 0 Å². The quantitative estimate of drug-likeness (QED) is 0.498. The van der Waals surface area contributed by atoms with Gasteiger partial charge in [-0.15, -0.1) is 0 Å². The lowest BCUT2D eigenvalue weighted by molar-refractivity contribution is -0.168. The van der Waals surface area contributed by atoms with Gasteiger partial charge in [0.2, 0.25) is 0 Å². The van der Waals surface area contributed by atoms with Crippen molar-refractivity contribution in [3.8, 4) is 0 Å². The van der Waals surface area contributed by atoms with Crippen molar-refractivity contribution in [3.63, 3.8) is 0 Å². The average Bonchev–Trinajstić information content (AvgIpc) is 1.88. The van der Waals surface area contributed by atoms with Crippen LogP contribution in [-0.4, -0.2) is 19.0 Å². The second-order valence-electron chi connectivity index (χ2n) is 2.41. The lowest BCUT2D eigenvalue weighted by Gasteiger charge is -2.24. The van der Waals surface area contributed by atoms with Crippen LogP contribution in [-0.2, 0) is 9.47 Å². The van der Waals surface area contributed by atoms with Gasteiger partial charge in [-0.25, -0.2) is 0 Å². The molecule has 2 atom stereocenters. The van der Waals surface area contributed by atoms with Crippen molar-refractivity contribution >= 4 is 0 Å². The molecule has 2 heteroatoms. The minimum atomic E-state index is 0.328. The zero-order valence-electron chi connectivity index (χ0n) is 5.80. The van der Waals surface area contributed by atoms with Crippen LogP contribution in [0.3, 0.4) is 0 Å². The van der Waals surface area contributed by atoms with Gasteiger partial charge in [0.05, 0.1) is 13.0 Å². The van der Waals surface area contributed by atoms with Gasteiger partial charge in [-0.05, 0) is 6.92 Å². The van der Waals surface area contributed by atoms with E-state index in [-0.39, 0.29) is 0 Å². The third-order valence-corrected chi connectivity index (χ3v) is 1.57. The van der Waals surface area contributed by atoms with Gasteiger partial charge in [-0.1, -0.05) is 0 Å². The molecule has 9 heavy (non-hydrogen) atoms. The molecule has 0 aliphatic carbocycles. The molecule has 1 aliphatic rings. The monoisotopic (exact) mass is 129 g/mol. The fraction of sp³-hybridized carbons (Fsp3) is 0.857. The molecule has 52 valence electrons. The molecule has 0 radical (unpaired) electrons. The van der Waals surface area contributed by atoms with Crippen LogP contribution in [0.2, 0.25) is 0 Å². The van der Waals surface area contributed by atoms with Crippen LogP contribution in [0.4, 0.5) is 0 Å². The summed E-state index contributed by atoms with van der Waals surface area (Å²) >= 11 is 0. The maximum absolute atomic E-state index is 5.21. The van der Waals surface area contributed by atoms with Crippen molar-refractivity contribution in [1.29, 1.82) is 0 Å². The lowest BCUT2D eigenvalue weighted by Crippen LogP contribution is -2.28. The molecule has 1 rings (SSSR count). The number of hydrogen-bond acceptors (Lipinski definition) is 2. The van der Waals surface area contributed by atoms with Crippen LogP contribution in [0.25, 0.3) is 0 Å². The molecule has 1 aliphatic heterocycles. The van der Waals surface area contributed by atoms with Gasteiger partial charge >= 0.3 is 0 Å². The van der Waals surface area contributed by atoms with E-state index in [4.69, 9.17) is 9.47 Å². The zero-order chi connectivity index (χ0) is 6.69. The molecule has 0 N–H and O–H groups in total. The molecular weight excluding hydrogens is 116 g/mol. The van der Waals surface area contributed by atoms with Gasteiger partial charge in [0.25, 0.3) is 0 Å². The van der Waals surface area contributed by atoms with Gasteiger partial charge in [-0.3, -0.25) is 0 Å². The number of ether oxygens (including phenoxy) is 2. The van der Waals surface area contributed by atoms with E-state index in [0.717, 1.165) is 12.8 Å². The summed E-state index contributed by atoms with van der Waals surface area (Å²) < 4.78 is 10.4. The summed E-state index contributed by atoms with van der Waals surface area (Å²) in [5.41, 5.74) is 0. The van der Waals surface area contributed by atoms with Crippen LogP contribution in [0.15, 0.2) is 0 Å². The first-order valence-electron chi connectivity index (χ1n) is 3.35. The van der Waals surface area contributed by atoms with Gasteiger partial charge in [0.1, 0.15) is 19.3 Å². The topological polar surface area (TPSA) is 18.5 Å². The highest BCUT2D eigenvalue weighted by Gasteiger charge is 2.19. The highest BCUT2D eigenvalue weighted by molar-refractivity contribution is 4.66. The van der Waals surface area contributed by atoms with Crippen molar-refractivity contribution < 1.29 is 9.47 Å². The fourth-order valence-electron chi connectivity index (χ4n) is 0.959. The standard InChI is InChI=1S/C7H13O2/c1-3-7-4-6(2)8-5-9-7/h6-7H,1,3-5H2,2H3/q+1/t6-,7?/m1/s1. The Morgan fingerprint density at radius 1 is 1.56 bits per heavy atom. The molecule has 0 amide bonds. The van der Waals surface area contributed by atoms with E-state index in [1.54, 1.807) is 0 Å². The SMILES string of the molecule is [CH2+]CC1C[C@@H](C)OCO1. The normalized spacial score (nSPS) is 36.6. The molecule has 0 aromatic heterocycles. The maximum Gasteiger partial charge on any atom is 0.147 e. The van der Waals surface area contributed by atoms with Crippen molar-refractivity contribution in [2.45, 2.75) is 32.0 Å². The Morgan fingerprint density at radius 2 is 2.33 bits per heavy atom. The van der Waals surface area contributed by atoms with E-state index in [2.05, 4.69) is 13.8 Å². The Morgan fingerprint density at radius 3 is 2.78 bits per heavy atom. The summed E-state index contributed by atoms with van der Waals surface area (Å²) in [6.07, 6.45) is 2.52. The molecule has 1 saturated heterocycles. The van der Waals surface area contributed by atoms with E-state index in [9.17, 15) is 0 Å². The average molecular weight is 129 g/mol. The molecule has 0 aromatic rings. The summed E-state index contributed by atoms with van der Waals surface area (Å²) in [5.74, 6) is 0. The third kappa shape index (κ3) is 1.88. The van der Waals surface area contributed by atoms with E-state index in [0.29, 0.717) is 19.0 Å². The Labute approximate surface area is 56.2 Å². The maximum atomic E-state index is 5.21. The summed E-state index contributed by atoms with van der Waals surface area (Å²) in [6, 6.07) is 0. The summed E-state index contributed by atoms with van der Waals surface area (Å²) in [4.78, 5) is 0. The van der Waals surface area contributed by atoms with E-state index in [1.807, 2.05) is 0 Å². The fourth-order valence-corrected chi connectivity index (χ4v) is 0.959. The van der Waals surface area contributed by atoms with Crippen LogP contribution in [0, 0.1) is 6.92 Å². The first-order chi connectivity index (χ1) is 4.33. The first kappa shape index (κ1) is 6.90. The van der Waals surface area contributed by atoms with Crippen molar-refractivity contribution in [3.05, 3.63) is 6.92 Å².